The van der Waals surface area contributed by atoms with E-state index in [1.165, 1.54) is 17.2 Å². The molecule has 1 saturated heterocycles. The van der Waals surface area contributed by atoms with Gasteiger partial charge in [0.25, 0.3) is 0 Å². The van der Waals surface area contributed by atoms with Gasteiger partial charge in [-0.3, -0.25) is 9.09 Å². The number of anilines is 1. The monoisotopic (exact) mass is 525 g/mol. The van der Waals surface area contributed by atoms with E-state index in [1.54, 1.807) is 0 Å². The number of aromatic nitrogens is 4. The molecule has 3 heterocycles. The Morgan fingerprint density at radius 2 is 1.56 bits per heavy atom. The van der Waals surface area contributed by atoms with Crippen molar-refractivity contribution in [2.75, 3.05) is 12.3 Å². The predicted octanol–water partition coefficient (Wildman–Crippen LogP) is -2.67. The normalized spacial score (nSPS) is 24.4. The summed E-state index contributed by atoms with van der Waals surface area (Å²) in [4.78, 5) is 60.2. The number of nitrogens with zero attached hydrogens (tertiary/aromatic N) is 4. The van der Waals surface area contributed by atoms with Gasteiger partial charge < -0.3 is 50.0 Å². The standard InChI is InChI=1S/C10H14N5O7P.H4O7P2/c11-8-5-9(13-2-12-8)15(3-14-5)10-7(17)6(16)4(22-10)1-21-23(18,19)20;1-8(2,3)7-9(4,5)6/h2-4,6-7,10,16-17H,1H2,(H2,11,12,13)(H2,18,19,20);(H2,1,2,3)(H2,4,5,6)/t4-,6-,7-,10-;/m1./s1. The fraction of sp³-hybridized carbons (Fsp3) is 0.500. The molecule has 32 heavy (non-hydrogen) atoms. The van der Waals surface area contributed by atoms with Crippen LogP contribution < -0.4 is 5.73 Å². The Morgan fingerprint density at radius 1 is 0.969 bits per heavy atom. The van der Waals surface area contributed by atoms with Crippen LogP contribution in [0.2, 0.25) is 0 Å². The van der Waals surface area contributed by atoms with Crippen LogP contribution in [0.4, 0.5) is 5.82 Å². The number of fused-ring (bicyclic) bond motifs is 1. The van der Waals surface area contributed by atoms with E-state index in [0.717, 1.165) is 0 Å². The molecular weight excluding hydrogens is 507 g/mol. The first-order valence-electron chi connectivity index (χ1n) is 7.95. The minimum Gasteiger partial charge on any atom is -0.387 e. The Kier molecular flexibility index (Phi) is 8.26. The van der Waals surface area contributed by atoms with Crippen LogP contribution in [0, 0.1) is 0 Å². The number of ether oxygens (including phenoxy) is 1. The van der Waals surface area contributed by atoms with E-state index in [-0.39, 0.29) is 11.5 Å². The molecule has 22 heteroatoms. The van der Waals surface area contributed by atoms with E-state index in [0.29, 0.717) is 5.52 Å². The zero-order valence-corrected chi connectivity index (χ0v) is 18.1. The van der Waals surface area contributed by atoms with E-state index in [4.69, 9.17) is 39.8 Å². The highest BCUT2D eigenvalue weighted by Gasteiger charge is 2.45. The van der Waals surface area contributed by atoms with Crippen LogP contribution in [-0.4, -0.2) is 84.0 Å². The third-order valence-corrected chi connectivity index (χ3v) is 5.81. The van der Waals surface area contributed by atoms with E-state index in [2.05, 4.69) is 23.8 Å². The third kappa shape index (κ3) is 7.58. The van der Waals surface area contributed by atoms with Crippen molar-refractivity contribution in [1.82, 2.24) is 19.5 Å². The summed E-state index contributed by atoms with van der Waals surface area (Å²) in [6, 6.07) is 0. The number of aliphatic hydroxyl groups is 2. The van der Waals surface area contributed by atoms with Gasteiger partial charge in [-0.15, -0.1) is 0 Å². The summed E-state index contributed by atoms with van der Waals surface area (Å²) in [5.41, 5.74) is 6.25. The molecule has 1 aliphatic rings. The number of nitrogen functional groups attached to an aromatic ring is 1. The summed E-state index contributed by atoms with van der Waals surface area (Å²) in [6.07, 6.45) is -2.49. The minimum absolute atomic E-state index is 0.142. The molecule has 1 aliphatic heterocycles. The van der Waals surface area contributed by atoms with Crippen molar-refractivity contribution in [1.29, 1.82) is 0 Å². The Labute approximate surface area is 177 Å². The largest absolute Gasteiger partial charge is 0.478 e. The molecule has 1 fully saturated rings. The summed E-state index contributed by atoms with van der Waals surface area (Å²) in [5.74, 6) is 0.142. The summed E-state index contributed by atoms with van der Waals surface area (Å²) in [7, 11) is -14.8. The zero-order chi connectivity index (χ0) is 24.5. The SMILES string of the molecule is Nc1ncnc2c1ncn2[C@@H]1O[C@H](COP(=O)(O)O)[C@@H](O)[C@H]1O.O=P(O)(O)OP(=O)(O)O. The fourth-order valence-corrected chi connectivity index (χ4v) is 3.91. The second kappa shape index (κ2) is 9.84. The van der Waals surface area contributed by atoms with Crippen LogP contribution in [0.1, 0.15) is 6.23 Å². The maximum Gasteiger partial charge on any atom is 0.478 e. The second-order valence-corrected chi connectivity index (χ2v) is 9.83. The van der Waals surface area contributed by atoms with E-state index >= 15 is 0 Å². The van der Waals surface area contributed by atoms with Gasteiger partial charge in [-0.25, -0.2) is 28.6 Å². The van der Waals surface area contributed by atoms with Crippen molar-refractivity contribution < 1.29 is 66.8 Å². The molecule has 2 aromatic heterocycles. The predicted molar refractivity (Wildman–Crippen MR) is 98.8 cm³/mol. The van der Waals surface area contributed by atoms with Crippen molar-refractivity contribution in [3.8, 4) is 0 Å². The molecule has 2 aromatic rings. The fourth-order valence-electron chi connectivity index (χ4n) is 2.46. The van der Waals surface area contributed by atoms with Gasteiger partial charge in [0.1, 0.15) is 30.2 Å². The highest BCUT2D eigenvalue weighted by molar-refractivity contribution is 7.60. The Bertz CT molecular complexity index is 1060. The van der Waals surface area contributed by atoms with E-state index in [1.807, 2.05) is 0 Å². The number of nitrogens with two attached hydrogens (primary N) is 1. The average Bonchev–Trinajstić information content (AvgIpc) is 3.13. The highest BCUT2D eigenvalue weighted by Crippen LogP contribution is 2.53. The maximum absolute atomic E-state index is 10.7. The lowest BCUT2D eigenvalue weighted by Crippen LogP contribution is -2.33. The van der Waals surface area contributed by atoms with Gasteiger partial charge in [0, 0.05) is 0 Å². The molecule has 0 aliphatic carbocycles. The van der Waals surface area contributed by atoms with Crippen LogP contribution in [0.5, 0.6) is 0 Å². The highest BCUT2D eigenvalue weighted by atomic mass is 31.3. The van der Waals surface area contributed by atoms with Crippen LogP contribution in [0.25, 0.3) is 11.2 Å². The van der Waals surface area contributed by atoms with Crippen LogP contribution in [-0.2, 0) is 27.3 Å². The molecular formula is C10H18N5O14P3. The molecule has 0 amide bonds. The lowest BCUT2D eigenvalue weighted by molar-refractivity contribution is -0.0504. The summed E-state index contributed by atoms with van der Waals surface area (Å²) < 4.78 is 44.0. The number of hydrogen-bond donors (Lipinski definition) is 9. The van der Waals surface area contributed by atoms with Gasteiger partial charge in [0.2, 0.25) is 0 Å². The first kappa shape index (κ1) is 26.8. The molecule has 0 radical (unpaired) electrons. The van der Waals surface area contributed by atoms with Crippen molar-refractivity contribution in [3.05, 3.63) is 12.7 Å². The lowest BCUT2D eigenvalue weighted by atomic mass is 10.1. The number of imidazole rings is 1. The van der Waals surface area contributed by atoms with E-state index < -0.39 is 54.6 Å². The summed E-state index contributed by atoms with van der Waals surface area (Å²) in [5, 5.41) is 20.1. The topological polar surface area (TPSA) is 310 Å². The van der Waals surface area contributed by atoms with Crippen LogP contribution in [0.15, 0.2) is 12.7 Å². The minimum atomic E-state index is -5.05. The Balaban J connectivity index is 0.000000344. The molecule has 182 valence electrons. The first-order chi connectivity index (χ1) is 14.5. The van der Waals surface area contributed by atoms with Crippen molar-refractivity contribution in [3.63, 3.8) is 0 Å². The van der Waals surface area contributed by atoms with Crippen LogP contribution >= 0.6 is 23.5 Å². The average molecular weight is 525 g/mol. The molecule has 0 bridgehead atoms. The van der Waals surface area contributed by atoms with Crippen LogP contribution in [0.3, 0.4) is 0 Å². The van der Waals surface area contributed by atoms with Crippen molar-refractivity contribution in [2.24, 2.45) is 0 Å². The number of rotatable bonds is 6. The molecule has 0 spiro atoms. The van der Waals surface area contributed by atoms with E-state index in [9.17, 15) is 23.9 Å². The Morgan fingerprint density at radius 3 is 2.06 bits per heavy atom. The molecule has 0 unspecified atom stereocenters. The number of aliphatic hydroxyl groups excluding tert-OH is 2. The zero-order valence-electron chi connectivity index (χ0n) is 15.4. The Hall–Kier alpha value is -1.40. The quantitative estimate of drug-likeness (QED) is 0.174. The van der Waals surface area contributed by atoms with Gasteiger partial charge in [0.05, 0.1) is 12.9 Å². The molecule has 0 aromatic carbocycles. The molecule has 4 atom stereocenters. The molecule has 3 rings (SSSR count). The van der Waals surface area contributed by atoms with Gasteiger partial charge in [-0.1, -0.05) is 0 Å². The van der Waals surface area contributed by atoms with Crippen molar-refractivity contribution >= 4 is 40.4 Å². The smallest absolute Gasteiger partial charge is 0.387 e. The number of hydrogen-bond acceptors (Lipinski definition) is 12. The first-order valence-corrected chi connectivity index (χ1v) is 12.5. The summed E-state index contributed by atoms with van der Waals surface area (Å²) in [6.45, 7) is -0.594. The number of phosphoric acid groups is 3. The molecule has 10 N–H and O–H groups in total. The third-order valence-electron chi connectivity index (χ3n) is 3.62. The van der Waals surface area contributed by atoms with Gasteiger partial charge in [0.15, 0.2) is 17.7 Å². The van der Waals surface area contributed by atoms with Gasteiger partial charge in [-0.2, -0.15) is 4.31 Å². The van der Waals surface area contributed by atoms with Gasteiger partial charge in [-0.05, 0) is 0 Å². The maximum atomic E-state index is 10.7. The molecule has 19 nitrogen and oxygen atoms in total. The molecule has 0 saturated carbocycles. The summed E-state index contributed by atoms with van der Waals surface area (Å²) >= 11 is 0. The van der Waals surface area contributed by atoms with Gasteiger partial charge >= 0.3 is 23.5 Å². The number of phosphoric ester groups is 1. The second-order valence-electron chi connectivity index (χ2n) is 5.98. The lowest BCUT2D eigenvalue weighted by Gasteiger charge is -2.16. The van der Waals surface area contributed by atoms with Crippen molar-refractivity contribution in [2.45, 2.75) is 24.5 Å².